The number of nitrogens with zero attached hydrogens (tertiary/aromatic N) is 2. The zero-order valence-corrected chi connectivity index (χ0v) is 16.0. The van der Waals surface area contributed by atoms with Gasteiger partial charge in [-0.2, -0.15) is 0 Å². The van der Waals surface area contributed by atoms with E-state index in [1.807, 2.05) is 36.4 Å². The number of fused-ring (bicyclic) bond motifs is 1. The quantitative estimate of drug-likeness (QED) is 0.574. The molecule has 4 rings (SSSR count). The normalized spacial score (nSPS) is 15.2. The van der Waals surface area contributed by atoms with Crippen LogP contribution in [0.5, 0.6) is 0 Å². The van der Waals surface area contributed by atoms with Crippen molar-refractivity contribution in [3.63, 3.8) is 0 Å². The van der Waals surface area contributed by atoms with Crippen LogP contribution in [0.15, 0.2) is 63.8 Å². The molecule has 1 aliphatic heterocycles. The number of aromatic nitrogens is 1. The molecule has 0 unspecified atom stereocenters. The number of halogens is 1. The van der Waals surface area contributed by atoms with E-state index in [0.29, 0.717) is 12.1 Å². The van der Waals surface area contributed by atoms with Crippen LogP contribution in [0.25, 0.3) is 16.7 Å². The molecule has 1 aromatic heterocycles. The molecule has 27 heavy (non-hydrogen) atoms. The molecule has 0 radical (unpaired) electrons. The third-order valence-electron chi connectivity index (χ3n) is 5.19. The van der Waals surface area contributed by atoms with Crippen LogP contribution in [0, 0.1) is 0 Å². The maximum absolute atomic E-state index is 12.0. The molecule has 5 heteroatoms. The Bertz CT molecular complexity index is 1000. The number of hydrogen-bond donors (Lipinski definition) is 0. The van der Waals surface area contributed by atoms with Crippen molar-refractivity contribution in [3.8, 4) is 0 Å². The van der Waals surface area contributed by atoms with Crippen molar-refractivity contribution in [2.45, 2.75) is 25.8 Å². The first-order valence-corrected chi connectivity index (χ1v) is 9.84. The third kappa shape index (κ3) is 4.18. The zero-order chi connectivity index (χ0) is 18.6. The maximum Gasteiger partial charge on any atom is 0.419 e. The molecule has 0 aliphatic carbocycles. The lowest BCUT2D eigenvalue weighted by Crippen LogP contribution is -2.29. The van der Waals surface area contributed by atoms with Gasteiger partial charge in [0.05, 0.1) is 5.52 Å². The van der Waals surface area contributed by atoms with Crippen molar-refractivity contribution in [2.75, 3.05) is 19.6 Å². The van der Waals surface area contributed by atoms with Crippen LogP contribution in [0.3, 0.4) is 0 Å². The van der Waals surface area contributed by atoms with Gasteiger partial charge >= 0.3 is 5.76 Å². The van der Waals surface area contributed by atoms with Crippen molar-refractivity contribution < 1.29 is 4.42 Å². The maximum atomic E-state index is 12.0. The summed E-state index contributed by atoms with van der Waals surface area (Å²) in [5, 5.41) is 0.779. The van der Waals surface area contributed by atoms with E-state index in [9.17, 15) is 4.79 Å². The number of aryl methyl sites for hydroxylation is 1. The Kier molecular flexibility index (Phi) is 5.46. The highest BCUT2D eigenvalue weighted by Gasteiger charge is 2.13. The van der Waals surface area contributed by atoms with E-state index in [4.69, 9.17) is 16.0 Å². The minimum atomic E-state index is -0.260. The largest absolute Gasteiger partial charge is 0.419 e. The molecule has 0 fully saturated rings. The molecule has 140 valence electrons. The SMILES string of the molecule is O=c1oc2ccccc2n1CCCCN1CC=C(c2ccc(Cl)cc2)CC1. The molecule has 0 bridgehead atoms. The summed E-state index contributed by atoms with van der Waals surface area (Å²) >= 11 is 5.97. The second-order valence-electron chi connectivity index (χ2n) is 6.98. The third-order valence-corrected chi connectivity index (χ3v) is 5.44. The molecule has 0 saturated carbocycles. The summed E-state index contributed by atoms with van der Waals surface area (Å²) < 4.78 is 7.03. The Hall–Kier alpha value is -2.30. The van der Waals surface area contributed by atoms with Crippen LogP contribution in [0.2, 0.25) is 5.02 Å². The Morgan fingerprint density at radius 3 is 2.56 bits per heavy atom. The Morgan fingerprint density at radius 2 is 1.78 bits per heavy atom. The molecule has 2 heterocycles. The summed E-state index contributed by atoms with van der Waals surface area (Å²) in [6, 6.07) is 15.7. The topological polar surface area (TPSA) is 38.4 Å². The molecule has 0 N–H and O–H groups in total. The van der Waals surface area contributed by atoms with Crippen LogP contribution in [0.4, 0.5) is 0 Å². The first-order valence-electron chi connectivity index (χ1n) is 9.46. The first kappa shape index (κ1) is 18.1. The molecule has 1 aliphatic rings. The summed E-state index contributed by atoms with van der Waals surface area (Å²) in [5.74, 6) is -0.260. The summed E-state index contributed by atoms with van der Waals surface area (Å²) in [4.78, 5) is 14.5. The van der Waals surface area contributed by atoms with Crippen molar-refractivity contribution in [3.05, 3.63) is 75.7 Å². The molecule has 3 aromatic rings. The fourth-order valence-electron chi connectivity index (χ4n) is 3.67. The van der Waals surface area contributed by atoms with E-state index in [-0.39, 0.29) is 5.76 Å². The van der Waals surface area contributed by atoms with Gasteiger partial charge in [-0.15, -0.1) is 0 Å². The fraction of sp³-hybridized carbons (Fsp3) is 0.318. The van der Waals surface area contributed by atoms with Gasteiger partial charge in [0.15, 0.2) is 5.58 Å². The standard InChI is InChI=1S/C22H23ClN2O2/c23-19-9-7-17(8-10-19)18-11-15-24(16-12-18)13-3-4-14-25-20-5-1-2-6-21(20)27-22(25)26/h1-2,5-11H,3-4,12-16H2. The van der Waals surface area contributed by atoms with E-state index in [2.05, 4.69) is 23.1 Å². The van der Waals surface area contributed by atoms with Gasteiger partial charge in [-0.1, -0.05) is 41.9 Å². The van der Waals surface area contributed by atoms with Gasteiger partial charge in [0.25, 0.3) is 0 Å². The fourth-order valence-corrected chi connectivity index (χ4v) is 3.80. The number of oxazole rings is 1. The second-order valence-corrected chi connectivity index (χ2v) is 7.42. The summed E-state index contributed by atoms with van der Waals surface area (Å²) in [6.07, 6.45) is 5.41. The number of rotatable bonds is 6. The molecule has 0 amide bonds. The minimum absolute atomic E-state index is 0.260. The van der Waals surface area contributed by atoms with E-state index in [1.54, 1.807) is 4.57 Å². The first-order chi connectivity index (χ1) is 13.2. The van der Waals surface area contributed by atoms with Gasteiger partial charge in [0.1, 0.15) is 0 Å². The van der Waals surface area contributed by atoms with Crippen LogP contribution in [0.1, 0.15) is 24.8 Å². The van der Waals surface area contributed by atoms with Gasteiger partial charge in [-0.25, -0.2) is 4.79 Å². The van der Waals surface area contributed by atoms with E-state index < -0.39 is 0 Å². The van der Waals surface area contributed by atoms with Gasteiger partial charge in [-0.05, 0) is 61.2 Å². The molecular weight excluding hydrogens is 360 g/mol. The van der Waals surface area contributed by atoms with E-state index in [0.717, 1.165) is 49.4 Å². The monoisotopic (exact) mass is 382 g/mol. The highest BCUT2D eigenvalue weighted by molar-refractivity contribution is 6.30. The van der Waals surface area contributed by atoms with Gasteiger partial charge in [0, 0.05) is 24.7 Å². The predicted octanol–water partition coefficient (Wildman–Crippen LogP) is 4.82. The molecular formula is C22H23ClN2O2. The number of unbranched alkanes of at least 4 members (excludes halogenated alkanes) is 1. The number of benzene rings is 2. The minimum Gasteiger partial charge on any atom is -0.408 e. The second kappa shape index (κ2) is 8.15. The Balaban J connectivity index is 1.27. The Morgan fingerprint density at radius 1 is 1.00 bits per heavy atom. The van der Waals surface area contributed by atoms with Crippen LogP contribution in [-0.2, 0) is 6.54 Å². The lowest BCUT2D eigenvalue weighted by Gasteiger charge is -2.26. The Labute approximate surface area is 163 Å². The highest BCUT2D eigenvalue weighted by atomic mass is 35.5. The molecule has 4 nitrogen and oxygen atoms in total. The zero-order valence-electron chi connectivity index (χ0n) is 15.2. The van der Waals surface area contributed by atoms with Crippen molar-refractivity contribution >= 4 is 28.3 Å². The van der Waals surface area contributed by atoms with E-state index >= 15 is 0 Å². The number of para-hydroxylation sites is 2. The van der Waals surface area contributed by atoms with Crippen LogP contribution in [-0.4, -0.2) is 29.1 Å². The van der Waals surface area contributed by atoms with E-state index in [1.165, 1.54) is 11.1 Å². The average molecular weight is 383 g/mol. The highest BCUT2D eigenvalue weighted by Crippen LogP contribution is 2.24. The van der Waals surface area contributed by atoms with Crippen molar-refractivity contribution in [1.29, 1.82) is 0 Å². The van der Waals surface area contributed by atoms with Crippen molar-refractivity contribution in [1.82, 2.24) is 9.47 Å². The number of hydrogen-bond acceptors (Lipinski definition) is 3. The molecule has 2 aromatic carbocycles. The predicted molar refractivity (Wildman–Crippen MR) is 110 cm³/mol. The van der Waals surface area contributed by atoms with Gasteiger partial charge < -0.3 is 4.42 Å². The smallest absolute Gasteiger partial charge is 0.408 e. The van der Waals surface area contributed by atoms with Crippen molar-refractivity contribution in [2.24, 2.45) is 0 Å². The van der Waals surface area contributed by atoms with Gasteiger partial charge in [0.2, 0.25) is 0 Å². The summed E-state index contributed by atoms with van der Waals surface area (Å²) in [7, 11) is 0. The molecule has 0 atom stereocenters. The summed E-state index contributed by atoms with van der Waals surface area (Å²) in [5.41, 5.74) is 4.22. The molecule has 0 saturated heterocycles. The average Bonchev–Trinajstić information content (AvgIpc) is 3.02. The lowest BCUT2D eigenvalue weighted by molar-refractivity contribution is 0.292. The lowest BCUT2D eigenvalue weighted by atomic mass is 9.99. The van der Waals surface area contributed by atoms with Crippen LogP contribution < -0.4 is 5.76 Å². The van der Waals surface area contributed by atoms with Crippen LogP contribution >= 0.6 is 11.6 Å². The molecule has 0 spiro atoms. The van der Waals surface area contributed by atoms with Gasteiger partial charge in [-0.3, -0.25) is 9.47 Å². The summed E-state index contributed by atoms with van der Waals surface area (Å²) in [6.45, 7) is 3.81.